The Bertz CT molecular complexity index is 365. The maximum atomic E-state index is 10.9. The van der Waals surface area contributed by atoms with Crippen LogP contribution in [-0.2, 0) is 6.54 Å². The molecule has 1 aromatic heterocycles. The normalized spacial score (nSPS) is 17.9. The van der Waals surface area contributed by atoms with Crippen molar-refractivity contribution in [2.24, 2.45) is 5.73 Å². The van der Waals surface area contributed by atoms with Crippen LogP contribution in [0.1, 0.15) is 54.8 Å². The number of hydrogen-bond donors (Lipinski definition) is 2. The molecular formula is C13H20N2O2. The second-order valence-electron chi connectivity index (χ2n) is 4.70. The van der Waals surface area contributed by atoms with E-state index in [0.717, 1.165) is 5.76 Å². The standard InChI is InChI=1S/C13H20N2O2/c14-13(16)12-8-7-11(17-12)9-15-10-5-3-1-2-4-6-10/h7-8,10,15H,1-6,9H2,(H2,14,16). The number of carbonyl (C=O) groups is 1. The molecule has 0 aromatic carbocycles. The van der Waals surface area contributed by atoms with Gasteiger partial charge in [-0.25, -0.2) is 0 Å². The van der Waals surface area contributed by atoms with Gasteiger partial charge in [0.2, 0.25) is 0 Å². The molecule has 3 N–H and O–H groups in total. The number of amides is 1. The SMILES string of the molecule is NC(=O)c1ccc(CNC2CCCCCC2)o1. The Hall–Kier alpha value is -1.29. The van der Waals surface area contributed by atoms with Gasteiger partial charge in [-0.15, -0.1) is 0 Å². The number of carbonyl (C=O) groups excluding carboxylic acids is 1. The summed E-state index contributed by atoms with van der Waals surface area (Å²) in [4.78, 5) is 10.9. The minimum Gasteiger partial charge on any atom is -0.455 e. The van der Waals surface area contributed by atoms with Crippen molar-refractivity contribution in [2.45, 2.75) is 51.1 Å². The molecule has 4 nitrogen and oxygen atoms in total. The van der Waals surface area contributed by atoms with E-state index in [-0.39, 0.29) is 5.76 Å². The monoisotopic (exact) mass is 236 g/mol. The number of rotatable bonds is 4. The highest BCUT2D eigenvalue weighted by Crippen LogP contribution is 2.17. The van der Waals surface area contributed by atoms with Crippen LogP contribution in [0.3, 0.4) is 0 Å². The third-order valence-electron chi connectivity index (χ3n) is 3.32. The molecule has 1 saturated carbocycles. The number of primary amides is 1. The maximum absolute atomic E-state index is 10.9. The highest BCUT2D eigenvalue weighted by Gasteiger charge is 2.13. The van der Waals surface area contributed by atoms with E-state index in [9.17, 15) is 4.79 Å². The lowest BCUT2D eigenvalue weighted by molar-refractivity contribution is 0.0972. The molecule has 2 rings (SSSR count). The van der Waals surface area contributed by atoms with Gasteiger partial charge >= 0.3 is 0 Å². The Labute approximate surface area is 102 Å². The van der Waals surface area contributed by atoms with E-state index in [0.29, 0.717) is 12.6 Å². The molecule has 1 aromatic rings. The minimum absolute atomic E-state index is 0.239. The Kier molecular flexibility index (Phi) is 4.20. The molecule has 1 heterocycles. The summed E-state index contributed by atoms with van der Waals surface area (Å²) in [7, 11) is 0. The summed E-state index contributed by atoms with van der Waals surface area (Å²) in [6.07, 6.45) is 7.80. The molecule has 17 heavy (non-hydrogen) atoms. The highest BCUT2D eigenvalue weighted by molar-refractivity contribution is 5.89. The van der Waals surface area contributed by atoms with E-state index >= 15 is 0 Å². The zero-order valence-corrected chi connectivity index (χ0v) is 10.1. The lowest BCUT2D eigenvalue weighted by Gasteiger charge is -2.14. The average molecular weight is 236 g/mol. The van der Waals surface area contributed by atoms with Crippen LogP contribution in [0.2, 0.25) is 0 Å². The van der Waals surface area contributed by atoms with Gasteiger partial charge in [-0.3, -0.25) is 4.79 Å². The molecular weight excluding hydrogens is 216 g/mol. The lowest BCUT2D eigenvalue weighted by Crippen LogP contribution is -2.27. The zero-order valence-electron chi connectivity index (χ0n) is 10.1. The van der Waals surface area contributed by atoms with Crippen molar-refractivity contribution in [3.8, 4) is 0 Å². The largest absolute Gasteiger partial charge is 0.455 e. The molecule has 0 unspecified atom stereocenters. The van der Waals surface area contributed by atoms with Gasteiger partial charge < -0.3 is 15.5 Å². The fourth-order valence-electron chi connectivity index (χ4n) is 2.33. The molecule has 0 atom stereocenters. The summed E-state index contributed by atoms with van der Waals surface area (Å²) >= 11 is 0. The molecule has 1 fully saturated rings. The summed E-state index contributed by atoms with van der Waals surface area (Å²) < 4.78 is 5.33. The van der Waals surface area contributed by atoms with Gasteiger partial charge in [0, 0.05) is 6.04 Å². The minimum atomic E-state index is -0.509. The van der Waals surface area contributed by atoms with E-state index in [1.807, 2.05) is 6.07 Å². The quantitative estimate of drug-likeness (QED) is 0.787. The average Bonchev–Trinajstić information content (AvgIpc) is 2.63. The van der Waals surface area contributed by atoms with Gasteiger partial charge in [-0.1, -0.05) is 25.7 Å². The molecule has 1 amide bonds. The van der Waals surface area contributed by atoms with Gasteiger partial charge in [0.15, 0.2) is 5.76 Å². The van der Waals surface area contributed by atoms with Crippen LogP contribution in [0.5, 0.6) is 0 Å². The molecule has 0 spiro atoms. The van der Waals surface area contributed by atoms with E-state index in [1.165, 1.54) is 38.5 Å². The number of nitrogens with two attached hydrogens (primary N) is 1. The van der Waals surface area contributed by atoms with Crippen molar-refractivity contribution in [2.75, 3.05) is 0 Å². The van der Waals surface area contributed by atoms with Crippen LogP contribution in [0.4, 0.5) is 0 Å². The van der Waals surface area contributed by atoms with Crippen LogP contribution >= 0.6 is 0 Å². The van der Waals surface area contributed by atoms with Crippen molar-refractivity contribution in [3.05, 3.63) is 23.7 Å². The first-order chi connectivity index (χ1) is 8.25. The van der Waals surface area contributed by atoms with Crippen molar-refractivity contribution >= 4 is 5.91 Å². The predicted octanol–water partition coefficient (Wildman–Crippen LogP) is 2.19. The molecule has 0 saturated heterocycles. The van der Waals surface area contributed by atoms with Crippen molar-refractivity contribution in [1.29, 1.82) is 0 Å². The third kappa shape index (κ3) is 3.60. The van der Waals surface area contributed by atoms with Gasteiger partial charge in [-0.05, 0) is 25.0 Å². The summed E-state index contributed by atoms with van der Waals surface area (Å²) in [5.74, 6) is 0.511. The maximum Gasteiger partial charge on any atom is 0.284 e. The Balaban J connectivity index is 1.81. The number of hydrogen-bond acceptors (Lipinski definition) is 3. The van der Waals surface area contributed by atoms with Crippen molar-refractivity contribution < 1.29 is 9.21 Å². The number of furan rings is 1. The fourth-order valence-corrected chi connectivity index (χ4v) is 2.33. The Morgan fingerprint density at radius 1 is 1.29 bits per heavy atom. The van der Waals surface area contributed by atoms with Gasteiger partial charge in [0.25, 0.3) is 5.91 Å². The smallest absolute Gasteiger partial charge is 0.284 e. The first kappa shape index (κ1) is 12.2. The predicted molar refractivity (Wildman–Crippen MR) is 65.6 cm³/mol. The van der Waals surface area contributed by atoms with Crippen LogP contribution in [0.15, 0.2) is 16.5 Å². The van der Waals surface area contributed by atoms with E-state index in [1.54, 1.807) is 6.07 Å². The molecule has 0 radical (unpaired) electrons. The van der Waals surface area contributed by atoms with E-state index in [2.05, 4.69) is 5.32 Å². The number of nitrogens with one attached hydrogen (secondary N) is 1. The van der Waals surface area contributed by atoms with Crippen LogP contribution < -0.4 is 11.1 Å². The Morgan fingerprint density at radius 3 is 2.59 bits per heavy atom. The molecule has 4 heteroatoms. The van der Waals surface area contributed by atoms with E-state index in [4.69, 9.17) is 10.2 Å². The van der Waals surface area contributed by atoms with Crippen molar-refractivity contribution in [3.63, 3.8) is 0 Å². The summed E-state index contributed by atoms with van der Waals surface area (Å²) in [5.41, 5.74) is 5.13. The van der Waals surface area contributed by atoms with Gasteiger partial charge in [0.05, 0.1) is 6.54 Å². The first-order valence-corrected chi connectivity index (χ1v) is 6.37. The molecule has 1 aliphatic carbocycles. The van der Waals surface area contributed by atoms with Crippen LogP contribution in [-0.4, -0.2) is 11.9 Å². The van der Waals surface area contributed by atoms with E-state index < -0.39 is 5.91 Å². The Morgan fingerprint density at radius 2 is 2.00 bits per heavy atom. The fraction of sp³-hybridized carbons (Fsp3) is 0.615. The molecule has 1 aliphatic rings. The second kappa shape index (κ2) is 5.87. The summed E-state index contributed by atoms with van der Waals surface area (Å²) in [6.45, 7) is 0.679. The summed E-state index contributed by atoms with van der Waals surface area (Å²) in [5, 5.41) is 3.48. The molecule has 94 valence electrons. The second-order valence-corrected chi connectivity index (χ2v) is 4.70. The van der Waals surface area contributed by atoms with Gasteiger partial charge in [-0.2, -0.15) is 0 Å². The molecule has 0 aliphatic heterocycles. The zero-order chi connectivity index (χ0) is 12.1. The third-order valence-corrected chi connectivity index (χ3v) is 3.32. The van der Waals surface area contributed by atoms with Crippen LogP contribution in [0, 0.1) is 0 Å². The van der Waals surface area contributed by atoms with Crippen LogP contribution in [0.25, 0.3) is 0 Å². The summed E-state index contributed by atoms with van der Waals surface area (Å²) in [6, 6.07) is 4.02. The first-order valence-electron chi connectivity index (χ1n) is 6.37. The van der Waals surface area contributed by atoms with Crippen molar-refractivity contribution in [1.82, 2.24) is 5.32 Å². The molecule has 0 bridgehead atoms. The van der Waals surface area contributed by atoms with Gasteiger partial charge in [0.1, 0.15) is 5.76 Å². The lowest BCUT2D eigenvalue weighted by atomic mass is 10.1. The topological polar surface area (TPSA) is 68.3 Å². The highest BCUT2D eigenvalue weighted by atomic mass is 16.3.